The van der Waals surface area contributed by atoms with Crippen LogP contribution in [0.4, 0.5) is 0 Å². The van der Waals surface area contributed by atoms with E-state index in [-0.39, 0.29) is 17.8 Å². The molecule has 3 nitrogen and oxygen atoms in total. The van der Waals surface area contributed by atoms with Crippen LogP contribution in [0, 0.1) is 5.92 Å². The first-order valence-corrected chi connectivity index (χ1v) is 5.66. The van der Waals surface area contributed by atoms with Gasteiger partial charge in [-0.25, -0.2) is 0 Å². The Morgan fingerprint density at radius 1 is 1.29 bits per heavy atom. The largest absolute Gasteiger partial charge is 0.390 e. The maximum Gasteiger partial charge on any atom is 0.0889 e. The zero-order valence-electron chi connectivity index (χ0n) is 9.12. The van der Waals surface area contributed by atoms with E-state index < -0.39 is 0 Å². The van der Waals surface area contributed by atoms with Gasteiger partial charge >= 0.3 is 0 Å². The van der Waals surface area contributed by atoms with E-state index in [1.165, 1.54) is 12.8 Å². The minimum atomic E-state index is -0.338. The molecular formula is C11H21NO2. The highest BCUT2D eigenvalue weighted by molar-refractivity contribution is 4.92. The van der Waals surface area contributed by atoms with Gasteiger partial charge in [-0.05, 0) is 45.7 Å². The second-order valence-electron chi connectivity index (χ2n) is 5.10. The van der Waals surface area contributed by atoms with E-state index in [0.717, 1.165) is 19.5 Å². The third kappa shape index (κ3) is 1.95. The predicted molar refractivity (Wildman–Crippen MR) is 55.2 cm³/mol. The van der Waals surface area contributed by atoms with Crippen LogP contribution in [0.25, 0.3) is 0 Å². The Morgan fingerprint density at radius 3 is 2.43 bits per heavy atom. The highest BCUT2D eigenvalue weighted by atomic mass is 16.5. The lowest BCUT2D eigenvalue weighted by molar-refractivity contribution is -0.0743. The Hall–Kier alpha value is -0.120. The summed E-state index contributed by atoms with van der Waals surface area (Å²) >= 11 is 0. The Morgan fingerprint density at radius 2 is 1.93 bits per heavy atom. The van der Waals surface area contributed by atoms with Crippen molar-refractivity contribution in [1.82, 2.24) is 5.32 Å². The number of ether oxygens (including phenoxy) is 1. The van der Waals surface area contributed by atoms with Gasteiger partial charge in [0.05, 0.1) is 17.8 Å². The second-order valence-corrected chi connectivity index (χ2v) is 5.10. The Bertz CT molecular complexity index is 199. The molecule has 2 unspecified atom stereocenters. The zero-order chi connectivity index (χ0) is 10.2. The molecule has 0 aromatic carbocycles. The smallest absolute Gasteiger partial charge is 0.0889 e. The first-order chi connectivity index (χ1) is 6.59. The van der Waals surface area contributed by atoms with Gasteiger partial charge in [0.15, 0.2) is 0 Å². The average molecular weight is 199 g/mol. The molecule has 2 rings (SSSR count). The monoisotopic (exact) mass is 199 g/mol. The number of nitrogens with one attached hydrogen (secondary N) is 1. The van der Waals surface area contributed by atoms with Crippen molar-refractivity contribution in [3.63, 3.8) is 0 Å². The van der Waals surface area contributed by atoms with Gasteiger partial charge in [-0.15, -0.1) is 0 Å². The first kappa shape index (κ1) is 10.4. The van der Waals surface area contributed by atoms with Gasteiger partial charge in [0.1, 0.15) is 0 Å². The molecular weight excluding hydrogens is 178 g/mol. The third-order valence-electron chi connectivity index (χ3n) is 3.62. The van der Waals surface area contributed by atoms with Crippen molar-refractivity contribution in [3.05, 3.63) is 0 Å². The van der Waals surface area contributed by atoms with E-state index in [4.69, 9.17) is 4.74 Å². The van der Waals surface area contributed by atoms with Gasteiger partial charge in [-0.2, -0.15) is 0 Å². The van der Waals surface area contributed by atoms with Crippen molar-refractivity contribution < 1.29 is 9.84 Å². The molecule has 2 saturated heterocycles. The number of rotatable bonds is 1. The summed E-state index contributed by atoms with van der Waals surface area (Å²) in [5.41, 5.74) is -0.338. The number of piperidine rings is 1. The fourth-order valence-corrected chi connectivity index (χ4v) is 2.53. The Balaban J connectivity index is 1.93. The molecule has 82 valence electrons. The van der Waals surface area contributed by atoms with Crippen molar-refractivity contribution in [1.29, 1.82) is 0 Å². The molecule has 3 heteroatoms. The lowest BCUT2D eigenvalue weighted by Crippen LogP contribution is -2.35. The van der Waals surface area contributed by atoms with Crippen LogP contribution in [0.1, 0.15) is 33.1 Å². The van der Waals surface area contributed by atoms with Gasteiger partial charge in [0.25, 0.3) is 0 Å². The van der Waals surface area contributed by atoms with E-state index in [0.29, 0.717) is 5.92 Å². The normalized spacial score (nSPS) is 38.8. The summed E-state index contributed by atoms with van der Waals surface area (Å²) < 4.78 is 5.92. The summed E-state index contributed by atoms with van der Waals surface area (Å²) in [6.07, 6.45) is 3.18. The molecule has 0 aromatic heterocycles. The van der Waals surface area contributed by atoms with E-state index in [1.807, 2.05) is 13.8 Å². The second kappa shape index (κ2) is 3.80. The molecule has 14 heavy (non-hydrogen) atoms. The molecule has 0 aliphatic carbocycles. The minimum Gasteiger partial charge on any atom is -0.390 e. The Kier molecular flexibility index (Phi) is 2.82. The molecule has 2 atom stereocenters. The zero-order valence-corrected chi connectivity index (χ0v) is 9.12. The first-order valence-electron chi connectivity index (χ1n) is 5.66. The molecule has 0 amide bonds. The summed E-state index contributed by atoms with van der Waals surface area (Å²) in [6, 6.07) is 0. The molecule has 2 fully saturated rings. The van der Waals surface area contributed by atoms with Crippen LogP contribution in [-0.4, -0.2) is 36.0 Å². The van der Waals surface area contributed by atoms with Gasteiger partial charge in [-0.1, -0.05) is 0 Å². The number of aliphatic hydroxyl groups excluding tert-OH is 1. The maximum absolute atomic E-state index is 9.82. The van der Waals surface area contributed by atoms with E-state index in [9.17, 15) is 5.11 Å². The quantitative estimate of drug-likeness (QED) is 0.659. The molecule has 0 saturated carbocycles. The van der Waals surface area contributed by atoms with Crippen LogP contribution in [0.2, 0.25) is 0 Å². The number of aliphatic hydroxyl groups is 1. The van der Waals surface area contributed by atoms with Crippen molar-refractivity contribution in [2.24, 2.45) is 5.92 Å². The molecule has 0 spiro atoms. The molecule has 0 aromatic rings. The van der Waals surface area contributed by atoms with Crippen LogP contribution >= 0.6 is 0 Å². The highest BCUT2D eigenvalue weighted by Crippen LogP contribution is 2.36. The van der Waals surface area contributed by atoms with E-state index >= 15 is 0 Å². The average Bonchev–Trinajstić information content (AvgIpc) is 2.43. The van der Waals surface area contributed by atoms with E-state index in [1.54, 1.807) is 0 Å². The van der Waals surface area contributed by atoms with Crippen molar-refractivity contribution in [2.45, 2.75) is 50.9 Å². The predicted octanol–water partition coefficient (Wildman–Crippen LogP) is 0.914. The SMILES string of the molecule is CC1(C)OC(C2CCNCC2)CC1O. The summed E-state index contributed by atoms with van der Waals surface area (Å²) in [5, 5.41) is 13.2. The van der Waals surface area contributed by atoms with Crippen molar-refractivity contribution in [2.75, 3.05) is 13.1 Å². The third-order valence-corrected chi connectivity index (χ3v) is 3.62. The fourth-order valence-electron chi connectivity index (χ4n) is 2.53. The van der Waals surface area contributed by atoms with Gasteiger partial charge in [-0.3, -0.25) is 0 Å². The van der Waals surface area contributed by atoms with Crippen LogP contribution in [-0.2, 0) is 4.74 Å². The summed E-state index contributed by atoms with van der Waals surface area (Å²) in [4.78, 5) is 0. The number of hydrogen-bond donors (Lipinski definition) is 2. The standard InChI is InChI=1S/C11H21NO2/c1-11(2)10(13)7-9(14-11)8-3-5-12-6-4-8/h8-10,12-13H,3-7H2,1-2H3. The fraction of sp³-hybridized carbons (Fsp3) is 1.00. The molecule has 2 aliphatic heterocycles. The van der Waals surface area contributed by atoms with Crippen LogP contribution in [0.3, 0.4) is 0 Å². The highest BCUT2D eigenvalue weighted by Gasteiger charge is 2.43. The van der Waals surface area contributed by atoms with Gasteiger partial charge in [0, 0.05) is 6.42 Å². The lowest BCUT2D eigenvalue weighted by Gasteiger charge is -2.29. The van der Waals surface area contributed by atoms with Crippen LogP contribution in [0.5, 0.6) is 0 Å². The lowest BCUT2D eigenvalue weighted by atomic mass is 9.89. The summed E-state index contributed by atoms with van der Waals surface area (Å²) in [5.74, 6) is 0.646. The van der Waals surface area contributed by atoms with Gasteiger partial charge < -0.3 is 15.2 Å². The van der Waals surface area contributed by atoms with Crippen molar-refractivity contribution >= 4 is 0 Å². The van der Waals surface area contributed by atoms with Crippen LogP contribution in [0.15, 0.2) is 0 Å². The topological polar surface area (TPSA) is 41.5 Å². The molecule has 0 bridgehead atoms. The number of hydrogen-bond acceptors (Lipinski definition) is 3. The van der Waals surface area contributed by atoms with Crippen LogP contribution < -0.4 is 5.32 Å². The van der Waals surface area contributed by atoms with Gasteiger partial charge in [0.2, 0.25) is 0 Å². The molecule has 0 radical (unpaired) electrons. The summed E-state index contributed by atoms with van der Waals surface area (Å²) in [6.45, 7) is 6.17. The molecule has 2 heterocycles. The molecule has 2 N–H and O–H groups in total. The minimum absolute atomic E-state index is 0.280. The van der Waals surface area contributed by atoms with E-state index in [2.05, 4.69) is 5.32 Å². The maximum atomic E-state index is 9.82. The Labute approximate surface area is 85.8 Å². The summed E-state index contributed by atoms with van der Waals surface area (Å²) in [7, 11) is 0. The van der Waals surface area contributed by atoms with Crippen molar-refractivity contribution in [3.8, 4) is 0 Å². The molecule has 2 aliphatic rings.